The largest absolute Gasteiger partial charge is 0.479 e. The van der Waals surface area contributed by atoms with Crippen LogP contribution in [-0.4, -0.2) is 22.3 Å². The van der Waals surface area contributed by atoms with Crippen LogP contribution in [0.3, 0.4) is 0 Å². The van der Waals surface area contributed by atoms with Gasteiger partial charge in [0.2, 0.25) is 0 Å². The van der Waals surface area contributed by atoms with E-state index >= 15 is 0 Å². The molecule has 0 amide bonds. The van der Waals surface area contributed by atoms with Crippen LogP contribution in [0.1, 0.15) is 31.9 Å². The van der Waals surface area contributed by atoms with Crippen molar-refractivity contribution < 1.29 is 15.0 Å². The lowest BCUT2D eigenvalue weighted by Gasteiger charge is -2.19. The number of hydrogen-bond donors (Lipinski definition) is 2. The smallest absolute Gasteiger partial charge is 0.332 e. The summed E-state index contributed by atoms with van der Waals surface area (Å²) in [4.78, 5) is 10.5. The summed E-state index contributed by atoms with van der Waals surface area (Å²) in [5.41, 5.74) is 2.12. The minimum atomic E-state index is -1.32. The number of carboxylic acids is 1. The quantitative estimate of drug-likeness (QED) is 0.822. The Morgan fingerprint density at radius 3 is 2.12 bits per heavy atom. The number of aliphatic carboxylic acids is 1. The van der Waals surface area contributed by atoms with Crippen molar-refractivity contribution in [2.24, 2.45) is 0 Å². The van der Waals surface area contributed by atoms with E-state index in [2.05, 4.69) is 20.8 Å². The molecule has 16 heavy (non-hydrogen) atoms. The van der Waals surface area contributed by atoms with Crippen LogP contribution in [0.5, 0.6) is 0 Å². The lowest BCUT2D eigenvalue weighted by Crippen LogP contribution is -2.22. The molecule has 0 heterocycles. The average molecular weight is 222 g/mol. The van der Waals surface area contributed by atoms with E-state index in [0.717, 1.165) is 5.56 Å². The predicted molar refractivity (Wildman–Crippen MR) is 62.5 cm³/mol. The zero-order valence-corrected chi connectivity index (χ0v) is 9.90. The minimum absolute atomic E-state index is 0.0872. The molecule has 0 spiro atoms. The topological polar surface area (TPSA) is 57.5 Å². The van der Waals surface area contributed by atoms with Crippen molar-refractivity contribution in [1.82, 2.24) is 0 Å². The van der Waals surface area contributed by atoms with E-state index in [1.54, 1.807) is 0 Å². The number of aliphatic hydroxyl groups is 1. The van der Waals surface area contributed by atoms with Crippen LogP contribution < -0.4 is 0 Å². The first-order valence-corrected chi connectivity index (χ1v) is 5.31. The van der Waals surface area contributed by atoms with Crippen molar-refractivity contribution in [3.63, 3.8) is 0 Å². The summed E-state index contributed by atoms with van der Waals surface area (Å²) >= 11 is 0. The van der Waals surface area contributed by atoms with E-state index in [1.165, 1.54) is 5.56 Å². The molecule has 3 nitrogen and oxygen atoms in total. The van der Waals surface area contributed by atoms with Gasteiger partial charge in [0.1, 0.15) is 0 Å². The Labute approximate surface area is 95.7 Å². The second kappa shape index (κ2) is 4.66. The van der Waals surface area contributed by atoms with Crippen LogP contribution in [0.25, 0.3) is 0 Å². The van der Waals surface area contributed by atoms with Gasteiger partial charge < -0.3 is 10.2 Å². The molecule has 0 aromatic heterocycles. The van der Waals surface area contributed by atoms with Gasteiger partial charge in [-0.15, -0.1) is 0 Å². The van der Waals surface area contributed by atoms with Crippen molar-refractivity contribution in [2.75, 3.05) is 0 Å². The number of carbonyl (C=O) groups is 1. The Balaban J connectivity index is 2.76. The van der Waals surface area contributed by atoms with Crippen LogP contribution >= 0.6 is 0 Å². The van der Waals surface area contributed by atoms with Gasteiger partial charge in [-0.2, -0.15) is 0 Å². The number of benzene rings is 1. The van der Waals surface area contributed by atoms with Gasteiger partial charge in [-0.05, 0) is 16.5 Å². The van der Waals surface area contributed by atoms with E-state index in [4.69, 9.17) is 5.11 Å². The first-order chi connectivity index (χ1) is 7.30. The van der Waals surface area contributed by atoms with Gasteiger partial charge in [0.25, 0.3) is 0 Å². The molecule has 0 saturated carbocycles. The van der Waals surface area contributed by atoms with Gasteiger partial charge in [-0.25, -0.2) is 4.79 Å². The molecule has 1 aromatic rings. The highest BCUT2D eigenvalue weighted by molar-refractivity contribution is 5.72. The predicted octanol–water partition coefficient (Wildman–Crippen LogP) is 1.97. The Hall–Kier alpha value is -1.35. The van der Waals surface area contributed by atoms with Crippen LogP contribution in [0.4, 0.5) is 0 Å². The van der Waals surface area contributed by atoms with Gasteiger partial charge in [0.05, 0.1) is 0 Å². The van der Waals surface area contributed by atoms with Crippen molar-refractivity contribution in [3.05, 3.63) is 35.4 Å². The van der Waals surface area contributed by atoms with Crippen LogP contribution in [0.15, 0.2) is 24.3 Å². The zero-order valence-electron chi connectivity index (χ0n) is 9.90. The van der Waals surface area contributed by atoms with Gasteiger partial charge in [0, 0.05) is 6.42 Å². The van der Waals surface area contributed by atoms with Crippen LogP contribution in [-0.2, 0) is 16.6 Å². The molecule has 1 atom stereocenters. The van der Waals surface area contributed by atoms with Gasteiger partial charge in [0.15, 0.2) is 6.10 Å². The maximum Gasteiger partial charge on any atom is 0.332 e. The highest BCUT2D eigenvalue weighted by Crippen LogP contribution is 2.22. The van der Waals surface area contributed by atoms with Gasteiger partial charge in [-0.1, -0.05) is 45.0 Å². The van der Waals surface area contributed by atoms with E-state index in [9.17, 15) is 9.90 Å². The molecule has 0 radical (unpaired) electrons. The molecule has 1 aromatic carbocycles. The molecule has 1 unspecified atom stereocenters. The summed E-state index contributed by atoms with van der Waals surface area (Å²) in [7, 11) is 0. The Morgan fingerprint density at radius 2 is 1.75 bits per heavy atom. The minimum Gasteiger partial charge on any atom is -0.479 e. The van der Waals surface area contributed by atoms with Crippen LogP contribution in [0, 0.1) is 0 Å². The fourth-order valence-electron chi connectivity index (χ4n) is 1.45. The third-order valence-corrected chi connectivity index (χ3v) is 2.53. The Bertz CT molecular complexity index is 360. The number of rotatable bonds is 3. The molecule has 0 aliphatic rings. The monoisotopic (exact) mass is 222 g/mol. The SMILES string of the molecule is CC(C)(C)c1ccc(CC(O)C(=O)O)cc1. The first kappa shape index (κ1) is 12.7. The molecule has 2 N–H and O–H groups in total. The molecular formula is C13H18O3. The fraction of sp³-hybridized carbons (Fsp3) is 0.462. The summed E-state index contributed by atoms with van der Waals surface area (Å²) < 4.78 is 0. The summed E-state index contributed by atoms with van der Waals surface area (Å²) in [6.07, 6.45) is -1.17. The van der Waals surface area contributed by atoms with E-state index in [1.807, 2.05) is 24.3 Å². The second-order valence-corrected chi connectivity index (χ2v) is 5.01. The molecule has 0 bridgehead atoms. The van der Waals surface area contributed by atoms with Crippen molar-refractivity contribution in [1.29, 1.82) is 0 Å². The van der Waals surface area contributed by atoms with Crippen molar-refractivity contribution in [2.45, 2.75) is 38.7 Å². The highest BCUT2D eigenvalue weighted by atomic mass is 16.4. The average Bonchev–Trinajstić information content (AvgIpc) is 2.17. The summed E-state index contributed by atoms with van der Waals surface area (Å²) in [5.74, 6) is -1.18. The Kier molecular flexibility index (Phi) is 3.70. The zero-order chi connectivity index (χ0) is 12.3. The maximum atomic E-state index is 10.5. The molecule has 0 fully saturated rings. The first-order valence-electron chi connectivity index (χ1n) is 5.31. The molecule has 0 saturated heterocycles. The maximum absolute atomic E-state index is 10.5. The van der Waals surface area contributed by atoms with Gasteiger partial charge >= 0.3 is 5.97 Å². The number of hydrogen-bond acceptors (Lipinski definition) is 2. The normalized spacial score (nSPS) is 13.5. The van der Waals surface area contributed by atoms with E-state index in [-0.39, 0.29) is 11.8 Å². The molecule has 1 rings (SSSR count). The molecule has 88 valence electrons. The number of carboxylic acid groups (broad SMARTS) is 1. The third-order valence-electron chi connectivity index (χ3n) is 2.53. The third kappa shape index (κ3) is 3.35. The lowest BCUT2D eigenvalue weighted by molar-refractivity contribution is -0.146. The summed E-state index contributed by atoms with van der Waals surface area (Å²) in [6, 6.07) is 7.69. The van der Waals surface area contributed by atoms with Crippen LogP contribution in [0.2, 0.25) is 0 Å². The van der Waals surface area contributed by atoms with E-state index in [0.29, 0.717) is 0 Å². The molecular weight excluding hydrogens is 204 g/mol. The molecule has 3 heteroatoms. The standard InChI is InChI=1S/C13H18O3/c1-13(2,3)10-6-4-9(5-7-10)8-11(14)12(15)16/h4-7,11,14H,8H2,1-3H3,(H,15,16). The van der Waals surface area contributed by atoms with Gasteiger partial charge in [-0.3, -0.25) is 0 Å². The Morgan fingerprint density at radius 1 is 1.25 bits per heavy atom. The van der Waals surface area contributed by atoms with Crippen molar-refractivity contribution >= 4 is 5.97 Å². The second-order valence-electron chi connectivity index (χ2n) is 5.01. The molecule has 0 aliphatic heterocycles. The lowest BCUT2D eigenvalue weighted by atomic mass is 9.86. The van der Waals surface area contributed by atoms with Crippen molar-refractivity contribution in [3.8, 4) is 0 Å². The molecule has 0 aliphatic carbocycles. The summed E-state index contributed by atoms with van der Waals surface area (Å²) in [5, 5.41) is 17.8. The number of aliphatic hydroxyl groups excluding tert-OH is 1. The van der Waals surface area contributed by atoms with E-state index < -0.39 is 12.1 Å². The summed E-state index contributed by atoms with van der Waals surface area (Å²) in [6.45, 7) is 6.36. The fourth-order valence-corrected chi connectivity index (χ4v) is 1.45. The highest BCUT2D eigenvalue weighted by Gasteiger charge is 2.15.